The number of piperidine rings is 1. The minimum absolute atomic E-state index is 0.0985. The summed E-state index contributed by atoms with van der Waals surface area (Å²) in [5, 5.41) is 22.6. The van der Waals surface area contributed by atoms with Crippen LogP contribution in [0, 0.1) is 16.0 Å². The van der Waals surface area contributed by atoms with Gasteiger partial charge in [0.2, 0.25) is 0 Å². The number of nitro groups is 1. The van der Waals surface area contributed by atoms with Crippen LogP contribution in [0.15, 0.2) is 17.3 Å². The highest BCUT2D eigenvalue weighted by Crippen LogP contribution is 2.26. The summed E-state index contributed by atoms with van der Waals surface area (Å²) in [6.07, 6.45) is 3.35. The molecule has 0 saturated carbocycles. The molecule has 0 radical (unpaired) electrons. The SMILES string of the molecule is CCC1CCCN(c2ccc([N+](=O)[O-])c(/C(N)=N/O)n2)C1. The van der Waals surface area contributed by atoms with Gasteiger partial charge in [0, 0.05) is 19.2 Å². The summed E-state index contributed by atoms with van der Waals surface area (Å²) in [6.45, 7) is 3.88. The van der Waals surface area contributed by atoms with Gasteiger partial charge in [-0.1, -0.05) is 18.5 Å². The minimum Gasteiger partial charge on any atom is -0.409 e. The lowest BCUT2D eigenvalue weighted by molar-refractivity contribution is -0.385. The van der Waals surface area contributed by atoms with E-state index in [2.05, 4.69) is 22.0 Å². The molecular formula is C13H19N5O3. The van der Waals surface area contributed by atoms with E-state index in [0.29, 0.717) is 11.7 Å². The van der Waals surface area contributed by atoms with Gasteiger partial charge in [-0.15, -0.1) is 0 Å². The number of oxime groups is 1. The number of pyridine rings is 1. The highest BCUT2D eigenvalue weighted by molar-refractivity contribution is 5.99. The normalized spacial score (nSPS) is 19.6. The van der Waals surface area contributed by atoms with Crippen molar-refractivity contribution in [3.05, 3.63) is 27.9 Å². The van der Waals surface area contributed by atoms with E-state index in [1.807, 2.05) is 0 Å². The van der Waals surface area contributed by atoms with Crippen LogP contribution >= 0.6 is 0 Å². The van der Waals surface area contributed by atoms with E-state index in [1.165, 1.54) is 12.5 Å². The summed E-state index contributed by atoms with van der Waals surface area (Å²) >= 11 is 0. The lowest BCUT2D eigenvalue weighted by Crippen LogP contribution is -2.36. The fourth-order valence-corrected chi connectivity index (χ4v) is 2.61. The molecule has 21 heavy (non-hydrogen) atoms. The quantitative estimate of drug-likeness (QED) is 0.287. The van der Waals surface area contributed by atoms with E-state index < -0.39 is 4.92 Å². The second-order valence-corrected chi connectivity index (χ2v) is 5.14. The van der Waals surface area contributed by atoms with Crippen molar-refractivity contribution in [1.29, 1.82) is 0 Å². The van der Waals surface area contributed by atoms with E-state index in [-0.39, 0.29) is 17.2 Å². The van der Waals surface area contributed by atoms with Crippen LogP contribution in [0.4, 0.5) is 11.5 Å². The predicted octanol–water partition coefficient (Wildman–Crippen LogP) is 1.71. The van der Waals surface area contributed by atoms with Gasteiger partial charge in [-0.2, -0.15) is 0 Å². The van der Waals surface area contributed by atoms with Gasteiger partial charge in [0.1, 0.15) is 5.82 Å². The Hall–Kier alpha value is -2.38. The molecule has 0 amide bonds. The van der Waals surface area contributed by atoms with Crippen LogP contribution in [0.3, 0.4) is 0 Å². The Labute approximate surface area is 122 Å². The number of amidine groups is 1. The van der Waals surface area contributed by atoms with Gasteiger partial charge in [-0.05, 0) is 24.8 Å². The molecule has 0 bridgehead atoms. The third-order valence-corrected chi connectivity index (χ3v) is 3.83. The third-order valence-electron chi connectivity index (χ3n) is 3.83. The number of hydrogen-bond acceptors (Lipinski definition) is 6. The Morgan fingerprint density at radius 1 is 1.67 bits per heavy atom. The molecule has 1 saturated heterocycles. The van der Waals surface area contributed by atoms with E-state index >= 15 is 0 Å². The summed E-state index contributed by atoms with van der Waals surface area (Å²) in [5.74, 6) is 0.871. The van der Waals surface area contributed by atoms with Crippen molar-refractivity contribution < 1.29 is 10.1 Å². The van der Waals surface area contributed by atoms with Crippen LogP contribution in [-0.4, -0.2) is 34.0 Å². The first kappa shape index (κ1) is 15.0. The van der Waals surface area contributed by atoms with Crippen molar-refractivity contribution in [3.63, 3.8) is 0 Å². The van der Waals surface area contributed by atoms with Crippen molar-refractivity contribution in [2.45, 2.75) is 26.2 Å². The van der Waals surface area contributed by atoms with Gasteiger partial charge in [0.05, 0.1) is 4.92 Å². The summed E-state index contributed by atoms with van der Waals surface area (Å²) in [6, 6.07) is 2.97. The van der Waals surface area contributed by atoms with Gasteiger partial charge in [-0.25, -0.2) is 4.98 Å². The Bertz CT molecular complexity index is 561. The van der Waals surface area contributed by atoms with Gasteiger partial charge in [0.15, 0.2) is 11.5 Å². The number of rotatable bonds is 4. The zero-order chi connectivity index (χ0) is 15.4. The van der Waals surface area contributed by atoms with E-state index in [0.717, 1.165) is 25.9 Å². The zero-order valence-corrected chi connectivity index (χ0v) is 11.9. The molecule has 8 nitrogen and oxygen atoms in total. The third kappa shape index (κ3) is 3.21. The minimum atomic E-state index is -0.588. The van der Waals surface area contributed by atoms with Crippen LogP contribution in [-0.2, 0) is 0 Å². The monoisotopic (exact) mass is 293 g/mol. The molecule has 3 N–H and O–H groups in total. The second kappa shape index (κ2) is 6.38. The fraction of sp³-hybridized carbons (Fsp3) is 0.538. The topological polar surface area (TPSA) is 118 Å². The van der Waals surface area contributed by atoms with Gasteiger partial charge in [0.25, 0.3) is 5.69 Å². The number of nitrogens with two attached hydrogens (primary N) is 1. The number of nitrogens with zero attached hydrogens (tertiary/aromatic N) is 4. The molecule has 114 valence electrons. The number of aromatic nitrogens is 1. The maximum atomic E-state index is 11.0. The van der Waals surface area contributed by atoms with Crippen molar-refractivity contribution in [2.75, 3.05) is 18.0 Å². The molecule has 1 aromatic heterocycles. The summed E-state index contributed by atoms with van der Waals surface area (Å²) in [4.78, 5) is 16.7. The van der Waals surface area contributed by atoms with Gasteiger partial charge < -0.3 is 15.8 Å². The van der Waals surface area contributed by atoms with Gasteiger partial charge >= 0.3 is 0 Å². The summed E-state index contributed by atoms with van der Waals surface area (Å²) in [5.41, 5.74) is 5.14. The molecular weight excluding hydrogens is 274 g/mol. The second-order valence-electron chi connectivity index (χ2n) is 5.14. The summed E-state index contributed by atoms with van der Waals surface area (Å²) < 4.78 is 0. The van der Waals surface area contributed by atoms with Crippen molar-refractivity contribution in [2.24, 2.45) is 16.8 Å². The van der Waals surface area contributed by atoms with Crippen LogP contribution in [0.2, 0.25) is 0 Å². The zero-order valence-electron chi connectivity index (χ0n) is 11.9. The molecule has 8 heteroatoms. The Balaban J connectivity index is 2.35. The van der Waals surface area contributed by atoms with Crippen LogP contribution in [0.5, 0.6) is 0 Å². The highest BCUT2D eigenvalue weighted by Gasteiger charge is 2.24. The Morgan fingerprint density at radius 3 is 3.05 bits per heavy atom. The molecule has 1 unspecified atom stereocenters. The lowest BCUT2D eigenvalue weighted by atomic mass is 9.96. The van der Waals surface area contributed by atoms with E-state index in [4.69, 9.17) is 10.9 Å². The molecule has 1 aromatic rings. The van der Waals surface area contributed by atoms with Crippen LogP contribution in [0.1, 0.15) is 31.9 Å². The van der Waals surface area contributed by atoms with Crippen LogP contribution in [0.25, 0.3) is 0 Å². The van der Waals surface area contributed by atoms with Crippen molar-refractivity contribution in [1.82, 2.24) is 4.98 Å². The van der Waals surface area contributed by atoms with Crippen molar-refractivity contribution >= 4 is 17.3 Å². The van der Waals surface area contributed by atoms with Crippen molar-refractivity contribution in [3.8, 4) is 0 Å². The molecule has 2 rings (SSSR count). The first-order valence-electron chi connectivity index (χ1n) is 6.95. The lowest BCUT2D eigenvalue weighted by Gasteiger charge is -2.33. The Morgan fingerprint density at radius 2 is 2.43 bits per heavy atom. The average molecular weight is 293 g/mol. The van der Waals surface area contributed by atoms with Crippen LogP contribution < -0.4 is 10.6 Å². The summed E-state index contributed by atoms with van der Waals surface area (Å²) in [7, 11) is 0. The smallest absolute Gasteiger partial charge is 0.298 e. The molecule has 1 aliphatic heterocycles. The molecule has 0 spiro atoms. The number of hydrogen-bond donors (Lipinski definition) is 2. The number of anilines is 1. The molecule has 1 aliphatic rings. The molecule has 0 aromatic carbocycles. The highest BCUT2D eigenvalue weighted by atomic mass is 16.6. The van der Waals surface area contributed by atoms with E-state index in [9.17, 15) is 10.1 Å². The maximum absolute atomic E-state index is 11.0. The Kier molecular flexibility index (Phi) is 4.56. The molecule has 1 fully saturated rings. The largest absolute Gasteiger partial charge is 0.409 e. The maximum Gasteiger partial charge on any atom is 0.298 e. The average Bonchev–Trinajstić information content (AvgIpc) is 2.53. The first-order chi connectivity index (χ1) is 10.1. The molecule has 2 heterocycles. The standard InChI is InChI=1S/C13H19N5O3/c1-2-9-4-3-7-17(8-9)11-6-5-10(18(20)21)12(15-11)13(14)16-19/h5-6,9,19H,2-4,7-8H2,1H3,(H2,14,16). The predicted molar refractivity (Wildman–Crippen MR) is 78.6 cm³/mol. The molecule has 0 aliphatic carbocycles. The first-order valence-corrected chi connectivity index (χ1v) is 6.95. The molecule has 1 atom stereocenters. The fourth-order valence-electron chi connectivity index (χ4n) is 2.61. The van der Waals surface area contributed by atoms with E-state index in [1.54, 1.807) is 6.07 Å². The van der Waals surface area contributed by atoms with Gasteiger partial charge in [-0.3, -0.25) is 10.1 Å².